The van der Waals surface area contributed by atoms with Crippen molar-refractivity contribution in [3.05, 3.63) is 54.0 Å². The summed E-state index contributed by atoms with van der Waals surface area (Å²) in [6.07, 6.45) is -3.21. The lowest BCUT2D eigenvalue weighted by Gasteiger charge is -2.11. The molecule has 0 aliphatic heterocycles. The van der Waals surface area contributed by atoms with Crippen molar-refractivity contribution in [3.8, 4) is 5.75 Å². The van der Waals surface area contributed by atoms with Crippen LogP contribution in [0.1, 0.15) is 16.2 Å². The van der Waals surface area contributed by atoms with Gasteiger partial charge in [0, 0.05) is 24.8 Å². The number of carbonyl (C=O) groups is 1. The molecule has 26 heavy (non-hydrogen) atoms. The molecule has 0 atom stereocenters. The summed E-state index contributed by atoms with van der Waals surface area (Å²) in [4.78, 5) is 19.7. The first kappa shape index (κ1) is 17.7. The molecule has 2 heterocycles. The zero-order chi connectivity index (χ0) is 18.7. The zero-order valence-electron chi connectivity index (χ0n) is 13.7. The molecule has 0 radical (unpaired) electrons. The Morgan fingerprint density at radius 3 is 2.62 bits per heavy atom. The minimum Gasteiger partial charge on any atom is -0.497 e. The van der Waals surface area contributed by atoms with Crippen LogP contribution in [-0.4, -0.2) is 34.1 Å². The van der Waals surface area contributed by atoms with Crippen LogP contribution in [0.25, 0.3) is 11.2 Å². The molecule has 9 heteroatoms. The predicted octanol–water partition coefficient (Wildman–Crippen LogP) is 2.89. The number of amides is 1. The topological polar surface area (TPSA) is 69.0 Å². The number of rotatable bonds is 5. The van der Waals surface area contributed by atoms with Crippen LogP contribution in [0.4, 0.5) is 13.2 Å². The minimum atomic E-state index is -4.61. The van der Waals surface area contributed by atoms with E-state index in [9.17, 15) is 18.0 Å². The monoisotopic (exact) mass is 364 g/mol. The molecule has 6 nitrogen and oxygen atoms in total. The first-order valence-corrected chi connectivity index (χ1v) is 7.71. The summed E-state index contributed by atoms with van der Waals surface area (Å²) in [5.41, 5.74) is 0.662. The SMILES string of the molecule is COc1ccc(C(=O)NCCn2c(C(F)(F)F)nc3cccnc32)cc1. The number of hydrogen-bond acceptors (Lipinski definition) is 4. The maximum atomic E-state index is 13.2. The zero-order valence-corrected chi connectivity index (χ0v) is 13.7. The van der Waals surface area contributed by atoms with Crippen LogP contribution in [0.5, 0.6) is 5.75 Å². The Hall–Kier alpha value is -3.10. The van der Waals surface area contributed by atoms with Crippen LogP contribution < -0.4 is 10.1 Å². The lowest BCUT2D eigenvalue weighted by atomic mass is 10.2. The number of imidazole rings is 1. The lowest BCUT2D eigenvalue weighted by molar-refractivity contribution is -0.146. The van der Waals surface area contributed by atoms with E-state index in [1.54, 1.807) is 24.3 Å². The van der Waals surface area contributed by atoms with Crippen LogP contribution >= 0.6 is 0 Å². The number of nitrogens with zero attached hydrogens (tertiary/aromatic N) is 3. The van der Waals surface area contributed by atoms with Gasteiger partial charge in [0.2, 0.25) is 5.82 Å². The molecule has 1 N–H and O–H groups in total. The van der Waals surface area contributed by atoms with Crippen LogP contribution in [0.2, 0.25) is 0 Å². The molecular formula is C17H15F3N4O2. The van der Waals surface area contributed by atoms with Crippen molar-refractivity contribution in [3.63, 3.8) is 0 Å². The summed E-state index contributed by atoms with van der Waals surface area (Å²) in [5, 5.41) is 2.59. The Morgan fingerprint density at radius 1 is 1.23 bits per heavy atom. The third-order valence-electron chi connectivity index (χ3n) is 3.73. The number of pyridine rings is 1. The van der Waals surface area contributed by atoms with Gasteiger partial charge in [-0.1, -0.05) is 0 Å². The van der Waals surface area contributed by atoms with Crippen molar-refractivity contribution >= 4 is 17.1 Å². The smallest absolute Gasteiger partial charge is 0.449 e. The number of carbonyl (C=O) groups excluding carboxylic acids is 1. The van der Waals surface area contributed by atoms with E-state index in [4.69, 9.17) is 4.74 Å². The van der Waals surface area contributed by atoms with E-state index >= 15 is 0 Å². The molecule has 1 aromatic carbocycles. The first-order valence-electron chi connectivity index (χ1n) is 7.71. The molecule has 1 amide bonds. The first-order chi connectivity index (χ1) is 12.4. The summed E-state index contributed by atoms with van der Waals surface area (Å²) < 4.78 is 45.6. The highest BCUT2D eigenvalue weighted by molar-refractivity contribution is 5.94. The number of halogens is 3. The van der Waals surface area contributed by atoms with Gasteiger partial charge in [-0.25, -0.2) is 9.97 Å². The number of benzene rings is 1. The Kier molecular flexibility index (Phi) is 4.79. The van der Waals surface area contributed by atoms with Crippen LogP contribution in [-0.2, 0) is 12.7 Å². The van der Waals surface area contributed by atoms with Gasteiger partial charge in [0.1, 0.15) is 11.3 Å². The Balaban J connectivity index is 1.74. The molecule has 0 unspecified atom stereocenters. The van der Waals surface area contributed by atoms with E-state index in [0.29, 0.717) is 11.3 Å². The molecule has 0 saturated heterocycles. The molecule has 0 fully saturated rings. The summed E-state index contributed by atoms with van der Waals surface area (Å²) in [5.74, 6) is -0.823. The summed E-state index contributed by atoms with van der Waals surface area (Å²) >= 11 is 0. The molecule has 3 aromatic rings. The molecule has 136 valence electrons. The number of hydrogen-bond donors (Lipinski definition) is 1. The maximum absolute atomic E-state index is 13.2. The Morgan fingerprint density at radius 2 is 1.96 bits per heavy atom. The van der Waals surface area contributed by atoms with E-state index in [1.165, 1.54) is 25.4 Å². The van der Waals surface area contributed by atoms with Crippen molar-refractivity contribution in [2.75, 3.05) is 13.7 Å². The van der Waals surface area contributed by atoms with Crippen LogP contribution in [0.15, 0.2) is 42.6 Å². The van der Waals surface area contributed by atoms with E-state index in [-0.39, 0.29) is 24.3 Å². The number of alkyl halides is 3. The average Bonchev–Trinajstić information content (AvgIpc) is 3.01. The quantitative estimate of drug-likeness (QED) is 0.756. The largest absolute Gasteiger partial charge is 0.497 e. The fourth-order valence-electron chi connectivity index (χ4n) is 2.51. The van der Waals surface area contributed by atoms with Gasteiger partial charge in [0.25, 0.3) is 5.91 Å². The number of nitrogens with one attached hydrogen (secondary N) is 1. The highest BCUT2D eigenvalue weighted by Gasteiger charge is 2.37. The van der Waals surface area contributed by atoms with Gasteiger partial charge in [0.05, 0.1) is 7.11 Å². The number of fused-ring (bicyclic) bond motifs is 1. The van der Waals surface area contributed by atoms with Crippen molar-refractivity contribution in [1.29, 1.82) is 0 Å². The molecule has 0 spiro atoms. The molecule has 3 rings (SSSR count). The van der Waals surface area contributed by atoms with E-state index in [2.05, 4.69) is 15.3 Å². The fourth-order valence-corrected chi connectivity index (χ4v) is 2.51. The van der Waals surface area contributed by atoms with Crippen LogP contribution in [0.3, 0.4) is 0 Å². The lowest BCUT2D eigenvalue weighted by Crippen LogP contribution is -2.28. The molecule has 0 aliphatic rings. The molecule has 0 aliphatic carbocycles. The van der Waals surface area contributed by atoms with Crippen molar-refractivity contribution in [2.45, 2.75) is 12.7 Å². The third-order valence-corrected chi connectivity index (χ3v) is 3.73. The standard InChI is InChI=1S/C17H15F3N4O2/c1-26-12-6-4-11(5-7-12)15(25)22-9-10-24-14-13(3-2-8-21-14)23-16(24)17(18,19)20/h2-8H,9-10H2,1H3,(H,22,25). The van der Waals surface area contributed by atoms with Gasteiger partial charge in [0.15, 0.2) is 5.65 Å². The molecule has 0 bridgehead atoms. The Bertz CT molecular complexity index is 920. The summed E-state index contributed by atoms with van der Waals surface area (Å²) in [6.45, 7) is -0.111. The summed E-state index contributed by atoms with van der Waals surface area (Å²) in [7, 11) is 1.51. The van der Waals surface area contributed by atoms with E-state index in [1.807, 2.05) is 0 Å². The highest BCUT2D eigenvalue weighted by atomic mass is 19.4. The van der Waals surface area contributed by atoms with Gasteiger partial charge < -0.3 is 14.6 Å². The second kappa shape index (κ2) is 7.03. The summed E-state index contributed by atoms with van der Waals surface area (Å²) in [6, 6.07) is 9.39. The number of methoxy groups -OCH3 is 1. The average molecular weight is 364 g/mol. The van der Waals surface area contributed by atoms with Crippen molar-refractivity contribution in [2.24, 2.45) is 0 Å². The second-order valence-corrected chi connectivity index (χ2v) is 5.42. The van der Waals surface area contributed by atoms with Crippen LogP contribution in [0, 0.1) is 0 Å². The van der Waals surface area contributed by atoms with E-state index < -0.39 is 17.9 Å². The van der Waals surface area contributed by atoms with Gasteiger partial charge in [-0.05, 0) is 36.4 Å². The van der Waals surface area contributed by atoms with Crippen molar-refractivity contribution < 1.29 is 22.7 Å². The second-order valence-electron chi connectivity index (χ2n) is 5.42. The van der Waals surface area contributed by atoms with Gasteiger partial charge in [-0.15, -0.1) is 0 Å². The number of aromatic nitrogens is 3. The highest BCUT2D eigenvalue weighted by Crippen LogP contribution is 2.30. The van der Waals surface area contributed by atoms with Crippen molar-refractivity contribution in [1.82, 2.24) is 19.9 Å². The molecular weight excluding hydrogens is 349 g/mol. The van der Waals surface area contributed by atoms with E-state index in [0.717, 1.165) is 4.57 Å². The normalized spacial score (nSPS) is 11.5. The number of ether oxygens (including phenoxy) is 1. The predicted molar refractivity (Wildman–Crippen MR) is 87.9 cm³/mol. The maximum Gasteiger partial charge on any atom is 0.449 e. The fraction of sp³-hybridized carbons (Fsp3) is 0.235. The van der Waals surface area contributed by atoms with Gasteiger partial charge in [-0.3, -0.25) is 4.79 Å². The molecule has 0 saturated carbocycles. The third kappa shape index (κ3) is 3.61. The van der Waals surface area contributed by atoms with Gasteiger partial charge >= 0.3 is 6.18 Å². The minimum absolute atomic E-state index is 0.00399. The molecule has 2 aromatic heterocycles. The van der Waals surface area contributed by atoms with Gasteiger partial charge in [-0.2, -0.15) is 13.2 Å². The Labute approximate surface area is 146 Å².